The number of H-pyrrole nitrogens is 1. The first-order valence-corrected chi connectivity index (χ1v) is 9.94. The number of hydrogen-bond acceptors (Lipinski definition) is 4. The molecule has 3 rings (SSSR count). The van der Waals surface area contributed by atoms with Crippen molar-refractivity contribution in [3.8, 4) is 0 Å². The summed E-state index contributed by atoms with van der Waals surface area (Å²) in [4.78, 5) is 15.1. The minimum absolute atomic E-state index is 0.197. The molecular weight excluding hydrogens is 362 g/mol. The second kappa shape index (κ2) is 10.6. The summed E-state index contributed by atoms with van der Waals surface area (Å²) in [7, 11) is 0. The van der Waals surface area contributed by atoms with Gasteiger partial charge < -0.3 is 16.0 Å². The van der Waals surface area contributed by atoms with E-state index < -0.39 is 0 Å². The third kappa shape index (κ3) is 6.02. The Bertz CT molecular complexity index is 959. The Morgan fingerprint density at radius 2 is 1.90 bits per heavy atom. The smallest absolute Gasteiger partial charge is 0.258 e. The van der Waals surface area contributed by atoms with Gasteiger partial charge in [0.05, 0.1) is 0 Å². The summed E-state index contributed by atoms with van der Waals surface area (Å²) in [6.45, 7) is 4.88. The van der Waals surface area contributed by atoms with Crippen molar-refractivity contribution in [2.24, 2.45) is 5.73 Å². The van der Waals surface area contributed by atoms with Gasteiger partial charge in [-0.05, 0) is 48.7 Å². The monoisotopic (exact) mass is 391 g/mol. The zero-order chi connectivity index (χ0) is 20.5. The second-order valence-corrected chi connectivity index (χ2v) is 6.98. The van der Waals surface area contributed by atoms with Crippen LogP contribution in [-0.4, -0.2) is 30.5 Å². The molecule has 29 heavy (non-hydrogen) atoms. The van der Waals surface area contributed by atoms with Gasteiger partial charge >= 0.3 is 0 Å². The summed E-state index contributed by atoms with van der Waals surface area (Å²) in [6, 6.07) is 16.6. The van der Waals surface area contributed by atoms with Crippen LogP contribution in [0.3, 0.4) is 0 Å². The molecular formula is C23H29N5O. The van der Waals surface area contributed by atoms with Crippen LogP contribution >= 0.6 is 0 Å². The minimum Gasteiger partial charge on any atom is -0.358 e. The van der Waals surface area contributed by atoms with E-state index in [1.807, 2.05) is 12.1 Å². The predicted octanol–water partition coefficient (Wildman–Crippen LogP) is 2.40. The van der Waals surface area contributed by atoms with Crippen LogP contribution in [0.15, 0.2) is 54.6 Å². The van der Waals surface area contributed by atoms with Gasteiger partial charge in [0, 0.05) is 42.3 Å². The van der Waals surface area contributed by atoms with Crippen LogP contribution < -0.4 is 21.9 Å². The number of fused-ring (bicyclic) bond motifs is 1. The van der Waals surface area contributed by atoms with Crippen molar-refractivity contribution >= 4 is 22.9 Å². The number of aryl methyl sites for hydroxylation is 1. The Morgan fingerprint density at radius 1 is 1.10 bits per heavy atom. The van der Waals surface area contributed by atoms with E-state index in [2.05, 4.69) is 64.5 Å². The standard InChI is InChI=1S/C23H29N5O/c1-17-20(21-4-2-3-5-22(21)27-17)12-14-25-16-19-8-6-18(7-9-19)10-11-23(29)28-26-15-13-24/h2-11,25-27H,12-16,24H2,1H3,(H,28,29)/b11-10+. The average Bonchev–Trinajstić information content (AvgIpc) is 3.06. The van der Waals surface area contributed by atoms with Crippen molar-refractivity contribution in [2.75, 3.05) is 19.6 Å². The molecule has 0 unspecified atom stereocenters. The summed E-state index contributed by atoms with van der Waals surface area (Å²) in [6.07, 6.45) is 4.28. The lowest BCUT2D eigenvalue weighted by Crippen LogP contribution is -2.39. The number of para-hydroxylation sites is 1. The first kappa shape index (κ1) is 20.8. The van der Waals surface area contributed by atoms with Gasteiger partial charge in [0.1, 0.15) is 0 Å². The highest BCUT2D eigenvalue weighted by Gasteiger charge is 2.07. The SMILES string of the molecule is Cc1[nH]c2ccccc2c1CCNCc1ccc(/C=C/C(=O)NNCCN)cc1. The molecule has 1 aromatic heterocycles. The number of carbonyl (C=O) groups is 1. The fraction of sp³-hybridized carbons (Fsp3) is 0.261. The van der Waals surface area contributed by atoms with Crippen LogP contribution in [0.1, 0.15) is 22.4 Å². The number of aromatic amines is 1. The summed E-state index contributed by atoms with van der Waals surface area (Å²) >= 11 is 0. The maximum absolute atomic E-state index is 11.6. The largest absolute Gasteiger partial charge is 0.358 e. The Labute approximate surface area is 171 Å². The number of amides is 1. The van der Waals surface area contributed by atoms with Gasteiger partial charge in [-0.2, -0.15) is 0 Å². The molecule has 2 aromatic carbocycles. The summed E-state index contributed by atoms with van der Waals surface area (Å²) < 4.78 is 0. The first-order chi connectivity index (χ1) is 14.2. The number of nitrogens with two attached hydrogens (primary N) is 1. The van der Waals surface area contributed by atoms with E-state index in [0.717, 1.165) is 25.1 Å². The number of benzene rings is 2. The first-order valence-electron chi connectivity index (χ1n) is 9.94. The normalized spacial score (nSPS) is 11.4. The maximum Gasteiger partial charge on any atom is 0.258 e. The topological polar surface area (TPSA) is 95.0 Å². The molecule has 152 valence electrons. The number of hydrogen-bond donors (Lipinski definition) is 5. The Kier molecular flexibility index (Phi) is 7.58. The van der Waals surface area contributed by atoms with Crippen LogP contribution in [0.5, 0.6) is 0 Å². The fourth-order valence-corrected chi connectivity index (χ4v) is 3.28. The minimum atomic E-state index is -0.197. The lowest BCUT2D eigenvalue weighted by molar-refractivity contribution is -0.117. The Hall–Kier alpha value is -2.93. The Morgan fingerprint density at radius 3 is 2.69 bits per heavy atom. The number of nitrogens with one attached hydrogen (secondary N) is 4. The molecule has 1 amide bonds. The third-order valence-electron chi connectivity index (χ3n) is 4.80. The van der Waals surface area contributed by atoms with Crippen LogP contribution in [0.2, 0.25) is 0 Å². The molecule has 6 nitrogen and oxygen atoms in total. The fourth-order valence-electron chi connectivity index (χ4n) is 3.28. The van der Waals surface area contributed by atoms with Crippen molar-refractivity contribution in [1.82, 2.24) is 21.2 Å². The zero-order valence-corrected chi connectivity index (χ0v) is 16.8. The molecule has 6 N–H and O–H groups in total. The molecule has 6 heteroatoms. The molecule has 0 bridgehead atoms. The molecule has 0 saturated heterocycles. The quantitative estimate of drug-likeness (QED) is 0.208. The van der Waals surface area contributed by atoms with E-state index in [1.54, 1.807) is 6.08 Å². The summed E-state index contributed by atoms with van der Waals surface area (Å²) in [5, 5.41) is 4.83. The van der Waals surface area contributed by atoms with Crippen LogP contribution in [0.4, 0.5) is 0 Å². The highest BCUT2D eigenvalue weighted by Crippen LogP contribution is 2.21. The second-order valence-electron chi connectivity index (χ2n) is 6.98. The van der Waals surface area contributed by atoms with Crippen molar-refractivity contribution in [1.29, 1.82) is 0 Å². The maximum atomic E-state index is 11.6. The number of hydrazine groups is 1. The molecule has 0 aliphatic rings. The molecule has 1 heterocycles. The van der Waals surface area contributed by atoms with Gasteiger partial charge in [0.25, 0.3) is 5.91 Å². The molecule has 0 radical (unpaired) electrons. The third-order valence-corrected chi connectivity index (χ3v) is 4.80. The van der Waals surface area contributed by atoms with E-state index in [1.165, 1.54) is 33.8 Å². The molecule has 0 spiro atoms. The number of carbonyl (C=O) groups excluding carboxylic acids is 1. The molecule has 0 aliphatic carbocycles. The van der Waals surface area contributed by atoms with Gasteiger partial charge in [-0.1, -0.05) is 42.5 Å². The highest BCUT2D eigenvalue weighted by atomic mass is 16.2. The van der Waals surface area contributed by atoms with Crippen molar-refractivity contribution in [3.63, 3.8) is 0 Å². The van der Waals surface area contributed by atoms with E-state index in [9.17, 15) is 4.79 Å². The number of aromatic nitrogens is 1. The van der Waals surface area contributed by atoms with E-state index in [0.29, 0.717) is 13.1 Å². The van der Waals surface area contributed by atoms with Gasteiger partial charge in [-0.15, -0.1) is 0 Å². The van der Waals surface area contributed by atoms with Gasteiger partial charge in [-0.25, -0.2) is 5.43 Å². The molecule has 0 aliphatic heterocycles. The van der Waals surface area contributed by atoms with Crippen molar-refractivity contribution in [3.05, 3.63) is 77.0 Å². The molecule has 0 fully saturated rings. The average molecular weight is 392 g/mol. The van der Waals surface area contributed by atoms with E-state index in [-0.39, 0.29) is 5.91 Å². The van der Waals surface area contributed by atoms with E-state index in [4.69, 9.17) is 5.73 Å². The molecule has 0 saturated carbocycles. The van der Waals surface area contributed by atoms with Gasteiger partial charge in [-0.3, -0.25) is 10.2 Å². The summed E-state index contributed by atoms with van der Waals surface area (Å²) in [5.41, 5.74) is 16.7. The zero-order valence-electron chi connectivity index (χ0n) is 16.8. The molecule has 3 aromatic rings. The number of rotatable bonds is 10. The van der Waals surface area contributed by atoms with Gasteiger partial charge in [0.2, 0.25) is 0 Å². The predicted molar refractivity (Wildman–Crippen MR) is 119 cm³/mol. The van der Waals surface area contributed by atoms with Crippen LogP contribution in [-0.2, 0) is 17.8 Å². The summed E-state index contributed by atoms with van der Waals surface area (Å²) in [5.74, 6) is -0.197. The van der Waals surface area contributed by atoms with Crippen molar-refractivity contribution < 1.29 is 4.79 Å². The van der Waals surface area contributed by atoms with Gasteiger partial charge in [0.15, 0.2) is 0 Å². The lowest BCUT2D eigenvalue weighted by atomic mass is 10.1. The van der Waals surface area contributed by atoms with Crippen LogP contribution in [0.25, 0.3) is 17.0 Å². The van der Waals surface area contributed by atoms with E-state index >= 15 is 0 Å². The molecule has 0 atom stereocenters. The Balaban J connectivity index is 1.44. The van der Waals surface area contributed by atoms with Crippen LogP contribution in [0, 0.1) is 6.92 Å². The van der Waals surface area contributed by atoms with Crippen molar-refractivity contribution in [2.45, 2.75) is 19.9 Å². The lowest BCUT2D eigenvalue weighted by Gasteiger charge is -2.06. The highest BCUT2D eigenvalue weighted by molar-refractivity contribution is 5.91.